The SMILES string of the molecule is CC(C)Sc1nnc2n(-c3ccccc3)c(=O)c3c4c(sc3n12)CCC[C@H]4C. The standard InChI is InChI=1S/C21H22N4OS2/c1-12(2)27-21-23-22-20-24(14-9-5-4-6-10-14)18(26)17-16-13(3)8-7-11-15(16)28-19(17)25(20)21/h4-6,9-10,12-13H,7-8,11H2,1-3H3/t13-/m1/s1. The molecule has 1 atom stereocenters. The van der Waals surface area contributed by atoms with E-state index >= 15 is 0 Å². The molecule has 1 aliphatic rings. The van der Waals surface area contributed by atoms with Crippen LogP contribution in [0.1, 0.15) is 50.0 Å². The third-order valence-corrected chi connectivity index (χ3v) is 7.53. The van der Waals surface area contributed by atoms with Crippen molar-refractivity contribution in [2.75, 3.05) is 0 Å². The van der Waals surface area contributed by atoms with Crippen molar-refractivity contribution in [3.63, 3.8) is 0 Å². The number of benzene rings is 1. The first kappa shape index (κ1) is 17.9. The summed E-state index contributed by atoms with van der Waals surface area (Å²) in [6.07, 6.45) is 3.38. The van der Waals surface area contributed by atoms with Crippen molar-refractivity contribution in [1.82, 2.24) is 19.2 Å². The highest BCUT2D eigenvalue weighted by Gasteiger charge is 2.28. The summed E-state index contributed by atoms with van der Waals surface area (Å²) in [7, 11) is 0. The zero-order valence-electron chi connectivity index (χ0n) is 16.2. The Bertz CT molecular complexity index is 1240. The second-order valence-corrected chi connectivity index (χ2v) is 10.3. The molecule has 0 N–H and O–H groups in total. The summed E-state index contributed by atoms with van der Waals surface area (Å²) >= 11 is 3.44. The number of aromatic nitrogens is 4. The highest BCUT2D eigenvalue weighted by molar-refractivity contribution is 7.99. The van der Waals surface area contributed by atoms with Crippen LogP contribution >= 0.6 is 23.1 Å². The first-order chi connectivity index (χ1) is 13.6. The normalized spacial score (nSPS) is 16.9. The van der Waals surface area contributed by atoms with E-state index in [1.54, 1.807) is 27.7 Å². The lowest BCUT2D eigenvalue weighted by Crippen LogP contribution is -2.22. The van der Waals surface area contributed by atoms with Gasteiger partial charge in [-0.3, -0.25) is 4.79 Å². The Hall–Kier alpha value is -2.12. The van der Waals surface area contributed by atoms with Crippen LogP contribution in [0.5, 0.6) is 0 Å². The highest BCUT2D eigenvalue weighted by Crippen LogP contribution is 2.42. The van der Waals surface area contributed by atoms with E-state index in [-0.39, 0.29) is 5.56 Å². The minimum absolute atomic E-state index is 0.0217. The first-order valence-electron chi connectivity index (χ1n) is 9.73. The molecule has 5 rings (SSSR count). The Morgan fingerprint density at radius 1 is 1.21 bits per heavy atom. The molecular formula is C21H22N4OS2. The maximum absolute atomic E-state index is 13.7. The highest BCUT2D eigenvalue weighted by atomic mass is 32.2. The van der Waals surface area contributed by atoms with Gasteiger partial charge in [0.25, 0.3) is 5.56 Å². The Kier molecular flexibility index (Phi) is 4.32. The number of aryl methyl sites for hydroxylation is 1. The van der Waals surface area contributed by atoms with Crippen LogP contribution in [0.25, 0.3) is 21.7 Å². The van der Waals surface area contributed by atoms with Crippen molar-refractivity contribution >= 4 is 39.1 Å². The molecule has 1 aliphatic carbocycles. The van der Waals surface area contributed by atoms with Crippen LogP contribution in [0, 0.1) is 0 Å². The van der Waals surface area contributed by atoms with Gasteiger partial charge in [-0.25, -0.2) is 8.97 Å². The third-order valence-electron chi connectivity index (χ3n) is 5.33. The number of rotatable bonds is 3. The van der Waals surface area contributed by atoms with E-state index in [1.165, 1.54) is 16.9 Å². The zero-order chi connectivity index (χ0) is 19.4. The average molecular weight is 411 g/mol. The van der Waals surface area contributed by atoms with E-state index in [4.69, 9.17) is 0 Å². The molecule has 144 valence electrons. The van der Waals surface area contributed by atoms with Gasteiger partial charge >= 0.3 is 0 Å². The fourth-order valence-corrected chi connectivity index (χ4v) is 6.44. The maximum atomic E-state index is 13.7. The summed E-state index contributed by atoms with van der Waals surface area (Å²) in [6.45, 7) is 6.55. The summed E-state index contributed by atoms with van der Waals surface area (Å²) in [4.78, 5) is 16.1. The average Bonchev–Trinajstić information content (AvgIpc) is 3.25. The van der Waals surface area contributed by atoms with Crippen molar-refractivity contribution in [1.29, 1.82) is 0 Å². The molecule has 0 saturated heterocycles. The molecule has 7 heteroatoms. The lowest BCUT2D eigenvalue weighted by molar-refractivity contribution is 0.601. The number of hydrogen-bond acceptors (Lipinski definition) is 5. The van der Waals surface area contributed by atoms with Crippen LogP contribution in [-0.2, 0) is 6.42 Å². The number of thiophene rings is 1. The Labute approximate surface area is 171 Å². The molecule has 3 heterocycles. The zero-order valence-corrected chi connectivity index (χ0v) is 17.8. The summed E-state index contributed by atoms with van der Waals surface area (Å²) in [6, 6.07) is 9.78. The number of hydrogen-bond donors (Lipinski definition) is 0. The Morgan fingerprint density at radius 2 is 2.00 bits per heavy atom. The summed E-state index contributed by atoms with van der Waals surface area (Å²) in [5.74, 6) is 1.00. The molecule has 28 heavy (non-hydrogen) atoms. The molecule has 0 radical (unpaired) electrons. The van der Waals surface area contributed by atoms with E-state index in [2.05, 4.69) is 35.4 Å². The van der Waals surface area contributed by atoms with Crippen molar-refractivity contribution in [2.45, 2.75) is 56.4 Å². The number of thioether (sulfide) groups is 1. The van der Waals surface area contributed by atoms with Gasteiger partial charge in [-0.05, 0) is 42.9 Å². The fraction of sp³-hybridized carbons (Fsp3) is 0.381. The van der Waals surface area contributed by atoms with Gasteiger partial charge in [0.15, 0.2) is 5.16 Å². The quantitative estimate of drug-likeness (QED) is 0.444. The molecular weight excluding hydrogens is 388 g/mol. The Balaban J connectivity index is 1.96. The van der Waals surface area contributed by atoms with E-state index < -0.39 is 0 Å². The molecule has 0 amide bonds. The van der Waals surface area contributed by atoms with Gasteiger partial charge in [-0.1, -0.05) is 50.7 Å². The largest absolute Gasteiger partial charge is 0.268 e. The molecule has 0 unspecified atom stereocenters. The molecule has 3 aromatic heterocycles. The summed E-state index contributed by atoms with van der Waals surface area (Å²) in [5, 5.41) is 11.0. The molecule has 1 aromatic carbocycles. The van der Waals surface area contributed by atoms with Crippen LogP contribution in [0.3, 0.4) is 0 Å². The fourth-order valence-electron chi connectivity index (χ4n) is 4.15. The molecule has 0 aliphatic heterocycles. The minimum Gasteiger partial charge on any atom is -0.268 e. The van der Waals surface area contributed by atoms with E-state index in [1.807, 2.05) is 30.3 Å². The van der Waals surface area contributed by atoms with Gasteiger partial charge in [-0.2, -0.15) is 0 Å². The topological polar surface area (TPSA) is 52.2 Å². The van der Waals surface area contributed by atoms with Crippen molar-refractivity contribution in [3.8, 4) is 5.69 Å². The van der Waals surface area contributed by atoms with Gasteiger partial charge in [0, 0.05) is 10.1 Å². The maximum Gasteiger partial charge on any atom is 0.268 e. The van der Waals surface area contributed by atoms with Crippen LogP contribution in [0.2, 0.25) is 0 Å². The van der Waals surface area contributed by atoms with E-state index in [0.29, 0.717) is 16.9 Å². The van der Waals surface area contributed by atoms with Crippen LogP contribution in [0.4, 0.5) is 0 Å². The molecule has 4 aromatic rings. The Morgan fingerprint density at radius 3 is 2.75 bits per heavy atom. The van der Waals surface area contributed by atoms with E-state index in [0.717, 1.165) is 33.9 Å². The van der Waals surface area contributed by atoms with Gasteiger partial charge in [0.2, 0.25) is 5.78 Å². The van der Waals surface area contributed by atoms with Gasteiger partial charge in [0.1, 0.15) is 4.83 Å². The van der Waals surface area contributed by atoms with Crippen LogP contribution in [-0.4, -0.2) is 24.4 Å². The third kappa shape index (κ3) is 2.63. The minimum atomic E-state index is 0.0217. The van der Waals surface area contributed by atoms with Gasteiger partial charge in [-0.15, -0.1) is 21.5 Å². The number of fused-ring (bicyclic) bond motifs is 5. The van der Waals surface area contributed by atoms with Crippen LogP contribution in [0.15, 0.2) is 40.3 Å². The first-order valence-corrected chi connectivity index (χ1v) is 11.4. The van der Waals surface area contributed by atoms with Gasteiger partial charge in [0.05, 0.1) is 11.1 Å². The lowest BCUT2D eigenvalue weighted by Gasteiger charge is -2.18. The molecule has 0 spiro atoms. The second kappa shape index (κ2) is 6.74. The number of para-hydroxylation sites is 1. The van der Waals surface area contributed by atoms with Gasteiger partial charge < -0.3 is 0 Å². The van der Waals surface area contributed by atoms with Crippen molar-refractivity contribution in [3.05, 3.63) is 51.1 Å². The second-order valence-electron chi connectivity index (χ2n) is 7.67. The molecule has 0 fully saturated rings. The lowest BCUT2D eigenvalue weighted by atomic mass is 9.88. The molecule has 5 nitrogen and oxygen atoms in total. The smallest absolute Gasteiger partial charge is 0.268 e. The molecule has 0 bridgehead atoms. The van der Waals surface area contributed by atoms with Crippen molar-refractivity contribution in [2.24, 2.45) is 0 Å². The predicted molar refractivity (Wildman–Crippen MR) is 116 cm³/mol. The van der Waals surface area contributed by atoms with Crippen LogP contribution < -0.4 is 5.56 Å². The predicted octanol–water partition coefficient (Wildman–Crippen LogP) is 5.04. The summed E-state index contributed by atoms with van der Waals surface area (Å²) < 4.78 is 3.83. The monoisotopic (exact) mass is 410 g/mol. The van der Waals surface area contributed by atoms with Crippen molar-refractivity contribution < 1.29 is 0 Å². The summed E-state index contributed by atoms with van der Waals surface area (Å²) in [5.41, 5.74) is 2.10. The molecule has 0 saturated carbocycles. The van der Waals surface area contributed by atoms with E-state index in [9.17, 15) is 4.79 Å². The number of nitrogens with zero attached hydrogens (tertiary/aromatic N) is 4.